The lowest BCUT2D eigenvalue weighted by Gasteiger charge is -2.29. The van der Waals surface area contributed by atoms with Crippen LogP contribution in [0.15, 0.2) is 0 Å². The summed E-state index contributed by atoms with van der Waals surface area (Å²) in [6, 6.07) is -1.61. The van der Waals surface area contributed by atoms with Gasteiger partial charge in [-0.2, -0.15) is 0 Å². The van der Waals surface area contributed by atoms with E-state index in [4.69, 9.17) is 14.9 Å². The molecule has 11 heteroatoms. The molecule has 0 aliphatic carbocycles. The molecule has 0 bridgehead atoms. The fraction of sp³-hybridized carbons (Fsp3) is 0.750. The number of aliphatic hydroxyl groups excluding tert-OH is 4. The molecule has 1 unspecified atom stereocenters. The van der Waals surface area contributed by atoms with Gasteiger partial charge in [-0.1, -0.05) is 0 Å². The molecule has 112 valence electrons. The SMILES string of the molecule is CC(=O)N[C@H](C=O)[C@@H](O)[C@H](O)[C@H](O)C(O)P(=O)(O)O. The monoisotopic (exact) mass is 301 g/mol. The molecule has 0 aromatic carbocycles. The molecular weight excluding hydrogens is 285 g/mol. The molecule has 0 saturated heterocycles. The van der Waals surface area contributed by atoms with Crippen LogP contribution in [0.25, 0.3) is 0 Å². The summed E-state index contributed by atoms with van der Waals surface area (Å²) < 4.78 is 10.7. The number of rotatable bonds is 7. The highest BCUT2D eigenvalue weighted by Crippen LogP contribution is 2.42. The largest absolute Gasteiger partial charge is 0.388 e. The van der Waals surface area contributed by atoms with Gasteiger partial charge in [0.25, 0.3) is 0 Å². The zero-order valence-electron chi connectivity index (χ0n) is 9.82. The van der Waals surface area contributed by atoms with Crippen LogP contribution in [0, 0.1) is 0 Å². The third-order valence-electron chi connectivity index (χ3n) is 2.23. The number of amides is 1. The third-order valence-corrected chi connectivity index (χ3v) is 3.23. The quantitative estimate of drug-likeness (QED) is 0.183. The van der Waals surface area contributed by atoms with E-state index in [1.807, 2.05) is 5.32 Å². The number of carbonyl (C=O) groups excluding carboxylic acids is 2. The van der Waals surface area contributed by atoms with E-state index in [1.165, 1.54) is 0 Å². The van der Waals surface area contributed by atoms with Crippen molar-refractivity contribution >= 4 is 19.8 Å². The van der Waals surface area contributed by atoms with Gasteiger partial charge in [0.1, 0.15) is 30.6 Å². The maximum absolute atomic E-state index is 10.7. The summed E-state index contributed by atoms with van der Waals surface area (Å²) in [6.45, 7) is 1.02. The predicted octanol–water partition coefficient (Wildman–Crippen LogP) is -3.73. The molecule has 0 aromatic rings. The predicted molar refractivity (Wildman–Crippen MR) is 59.7 cm³/mol. The Kier molecular flexibility index (Phi) is 6.73. The van der Waals surface area contributed by atoms with Crippen LogP contribution in [-0.4, -0.2) is 72.6 Å². The summed E-state index contributed by atoms with van der Waals surface area (Å²) >= 11 is 0. The van der Waals surface area contributed by atoms with Crippen molar-refractivity contribution in [2.24, 2.45) is 0 Å². The average Bonchev–Trinajstić information content (AvgIpc) is 2.30. The summed E-state index contributed by atoms with van der Waals surface area (Å²) in [4.78, 5) is 38.5. The highest BCUT2D eigenvalue weighted by Gasteiger charge is 2.42. The van der Waals surface area contributed by atoms with E-state index in [9.17, 15) is 29.5 Å². The lowest BCUT2D eigenvalue weighted by Crippen LogP contribution is -2.54. The van der Waals surface area contributed by atoms with Crippen molar-refractivity contribution in [3.63, 3.8) is 0 Å². The van der Waals surface area contributed by atoms with E-state index in [-0.39, 0.29) is 6.29 Å². The van der Waals surface area contributed by atoms with Crippen molar-refractivity contribution in [1.29, 1.82) is 0 Å². The Bertz CT molecular complexity index is 369. The van der Waals surface area contributed by atoms with Crippen molar-refractivity contribution in [2.75, 3.05) is 0 Å². The van der Waals surface area contributed by atoms with Gasteiger partial charge < -0.3 is 40.3 Å². The lowest BCUT2D eigenvalue weighted by atomic mass is 10.0. The van der Waals surface area contributed by atoms with Crippen LogP contribution in [0.3, 0.4) is 0 Å². The standard InChI is InChI=1S/C8H16NO9P/c1-3(11)9-4(2-10)5(12)6(13)7(14)8(15)19(16,17)18/h2,4-8,12-15H,1H3,(H,9,11)(H2,16,17,18)/t4-,5-,6+,7+,8?/m1/s1. The van der Waals surface area contributed by atoms with Gasteiger partial charge in [0.15, 0.2) is 5.85 Å². The van der Waals surface area contributed by atoms with Gasteiger partial charge in [-0.25, -0.2) is 0 Å². The molecule has 0 saturated carbocycles. The average molecular weight is 301 g/mol. The fourth-order valence-corrected chi connectivity index (χ4v) is 1.80. The molecule has 0 aliphatic heterocycles. The third kappa shape index (κ3) is 5.33. The van der Waals surface area contributed by atoms with Crippen molar-refractivity contribution in [3.8, 4) is 0 Å². The minimum absolute atomic E-state index is 0.0614. The maximum atomic E-state index is 10.7. The second-order valence-electron chi connectivity index (χ2n) is 3.84. The Balaban J connectivity index is 4.88. The first-order valence-corrected chi connectivity index (χ1v) is 6.70. The normalized spacial score (nSPS) is 19.9. The number of aldehydes is 1. The first kappa shape index (κ1) is 18.1. The van der Waals surface area contributed by atoms with Gasteiger partial charge in [0, 0.05) is 6.92 Å². The van der Waals surface area contributed by atoms with Crippen LogP contribution in [-0.2, 0) is 14.2 Å². The van der Waals surface area contributed by atoms with E-state index in [1.54, 1.807) is 0 Å². The molecule has 0 spiro atoms. The van der Waals surface area contributed by atoms with Crippen LogP contribution in [0.4, 0.5) is 0 Å². The molecule has 0 rings (SSSR count). The number of carbonyl (C=O) groups is 2. The second kappa shape index (κ2) is 7.06. The maximum Gasteiger partial charge on any atom is 0.356 e. The Hall–Kier alpha value is -0.870. The number of hydrogen-bond acceptors (Lipinski definition) is 7. The van der Waals surface area contributed by atoms with Crippen molar-refractivity contribution < 1.29 is 44.4 Å². The molecule has 0 heterocycles. The number of hydrogen-bond donors (Lipinski definition) is 7. The summed E-state index contributed by atoms with van der Waals surface area (Å²) in [5.74, 6) is -3.35. The molecule has 7 N–H and O–H groups in total. The van der Waals surface area contributed by atoms with Crippen LogP contribution >= 0.6 is 7.60 Å². The molecule has 0 fully saturated rings. The molecule has 0 aliphatic rings. The minimum Gasteiger partial charge on any atom is -0.388 e. The van der Waals surface area contributed by atoms with Gasteiger partial charge in [0.2, 0.25) is 5.91 Å². The van der Waals surface area contributed by atoms with Crippen LogP contribution < -0.4 is 5.32 Å². The number of aliphatic hydroxyl groups is 4. The fourth-order valence-electron chi connectivity index (χ4n) is 1.22. The summed E-state index contributed by atoms with van der Waals surface area (Å²) in [5.41, 5.74) is 0. The summed E-state index contributed by atoms with van der Waals surface area (Å²) in [7, 11) is -5.11. The molecular formula is C8H16NO9P. The smallest absolute Gasteiger partial charge is 0.356 e. The van der Waals surface area contributed by atoms with E-state index < -0.39 is 43.7 Å². The second-order valence-corrected chi connectivity index (χ2v) is 5.54. The zero-order chi connectivity index (χ0) is 15.4. The molecule has 5 atom stereocenters. The van der Waals surface area contributed by atoms with Gasteiger partial charge >= 0.3 is 7.60 Å². The molecule has 10 nitrogen and oxygen atoms in total. The van der Waals surface area contributed by atoms with Gasteiger partial charge in [-0.3, -0.25) is 9.36 Å². The number of nitrogens with one attached hydrogen (secondary N) is 1. The van der Waals surface area contributed by atoms with Gasteiger partial charge in [-0.05, 0) is 0 Å². The van der Waals surface area contributed by atoms with Gasteiger partial charge in [0.05, 0.1) is 0 Å². The van der Waals surface area contributed by atoms with Gasteiger partial charge in [-0.15, -0.1) is 0 Å². The van der Waals surface area contributed by atoms with Crippen molar-refractivity contribution in [3.05, 3.63) is 0 Å². The van der Waals surface area contributed by atoms with Crippen LogP contribution in [0.1, 0.15) is 6.92 Å². The molecule has 0 radical (unpaired) electrons. The highest BCUT2D eigenvalue weighted by molar-refractivity contribution is 7.52. The first-order valence-electron chi connectivity index (χ1n) is 5.02. The van der Waals surface area contributed by atoms with E-state index >= 15 is 0 Å². The van der Waals surface area contributed by atoms with Crippen LogP contribution in [0.2, 0.25) is 0 Å². The van der Waals surface area contributed by atoms with Crippen molar-refractivity contribution in [1.82, 2.24) is 5.32 Å². The Morgan fingerprint density at radius 1 is 1.11 bits per heavy atom. The zero-order valence-corrected chi connectivity index (χ0v) is 10.7. The topological polar surface area (TPSA) is 185 Å². The van der Waals surface area contributed by atoms with E-state index in [0.29, 0.717) is 0 Å². The molecule has 0 aromatic heterocycles. The van der Waals surface area contributed by atoms with Crippen LogP contribution in [0.5, 0.6) is 0 Å². The minimum atomic E-state index is -5.11. The molecule has 1 amide bonds. The van der Waals surface area contributed by atoms with Crippen molar-refractivity contribution in [2.45, 2.75) is 37.1 Å². The first-order chi connectivity index (χ1) is 8.52. The summed E-state index contributed by atoms with van der Waals surface area (Å²) in [6.07, 6.45) is -6.67. The highest BCUT2D eigenvalue weighted by atomic mass is 31.2. The molecule has 19 heavy (non-hydrogen) atoms. The van der Waals surface area contributed by atoms with E-state index in [2.05, 4.69) is 0 Å². The Morgan fingerprint density at radius 2 is 1.58 bits per heavy atom. The Labute approximate surface area is 107 Å². The lowest BCUT2D eigenvalue weighted by molar-refractivity contribution is -0.131. The Morgan fingerprint density at radius 3 is 1.89 bits per heavy atom. The summed E-state index contributed by atoms with van der Waals surface area (Å²) in [5, 5.41) is 39.2. The van der Waals surface area contributed by atoms with E-state index in [0.717, 1.165) is 6.92 Å².